The number of aliphatic hydroxyl groups is 3. The molecule has 152 valence electrons. The molecule has 2 unspecified atom stereocenters. The van der Waals surface area contributed by atoms with Crippen molar-refractivity contribution < 1.29 is 20.1 Å². The second-order valence-electron chi connectivity index (χ2n) is 11.1. The summed E-state index contributed by atoms with van der Waals surface area (Å²) in [6.45, 7) is 6.74. The summed E-state index contributed by atoms with van der Waals surface area (Å²) in [6.07, 6.45) is 3.66. The Morgan fingerprint density at radius 2 is 1.96 bits per heavy atom. The van der Waals surface area contributed by atoms with E-state index in [1.165, 1.54) is 0 Å². The number of likely N-dealkylation sites (tertiary alicyclic amines) is 1. The first kappa shape index (κ1) is 17.6. The number of piperidine rings is 1. The lowest BCUT2D eigenvalue weighted by Gasteiger charge is -2.68. The van der Waals surface area contributed by atoms with Crippen LogP contribution in [-0.2, 0) is 4.74 Å². The average molecular weight is 378 g/mol. The molecule has 0 aromatic carbocycles. The lowest BCUT2D eigenvalue weighted by Crippen LogP contribution is -2.75. The molecule has 1 spiro atoms. The summed E-state index contributed by atoms with van der Waals surface area (Å²) >= 11 is 0. The summed E-state index contributed by atoms with van der Waals surface area (Å²) in [6, 6.07) is 0.253. The van der Waals surface area contributed by atoms with Gasteiger partial charge in [0.1, 0.15) is 0 Å². The zero-order valence-electron chi connectivity index (χ0n) is 16.8. The molecular formula is C22H35NO4. The number of methoxy groups -OCH3 is 1. The number of ether oxygens (including phenoxy) is 1. The molecule has 1 heterocycles. The summed E-state index contributed by atoms with van der Waals surface area (Å²) < 4.78 is 5.79. The third-order valence-corrected chi connectivity index (χ3v) is 10.7. The predicted octanol–water partition coefficient (Wildman–Crippen LogP) is 1.25. The molecule has 0 aromatic heterocycles. The lowest BCUT2D eigenvalue weighted by molar-refractivity contribution is -0.266. The molecule has 1 aliphatic heterocycles. The van der Waals surface area contributed by atoms with Gasteiger partial charge >= 0.3 is 0 Å². The third-order valence-electron chi connectivity index (χ3n) is 10.7. The fourth-order valence-corrected chi connectivity index (χ4v) is 10.1. The Morgan fingerprint density at radius 1 is 1.19 bits per heavy atom. The van der Waals surface area contributed by atoms with Crippen molar-refractivity contribution >= 4 is 0 Å². The van der Waals surface area contributed by atoms with Gasteiger partial charge in [0, 0.05) is 49.3 Å². The third kappa shape index (κ3) is 1.66. The van der Waals surface area contributed by atoms with Gasteiger partial charge in [-0.3, -0.25) is 4.90 Å². The number of rotatable bonds is 2. The van der Waals surface area contributed by atoms with E-state index in [2.05, 4.69) is 18.7 Å². The number of hydrogen-bond acceptors (Lipinski definition) is 5. The first-order valence-corrected chi connectivity index (χ1v) is 11.2. The second-order valence-corrected chi connectivity index (χ2v) is 11.1. The normalized spacial score (nSPS) is 66.2. The zero-order chi connectivity index (χ0) is 18.9. The predicted molar refractivity (Wildman–Crippen MR) is 99.9 cm³/mol. The Bertz CT molecular complexity index is 673. The van der Waals surface area contributed by atoms with Crippen LogP contribution in [0.1, 0.15) is 46.0 Å². The van der Waals surface area contributed by atoms with Gasteiger partial charge in [0.2, 0.25) is 0 Å². The molecule has 6 aliphatic rings. The summed E-state index contributed by atoms with van der Waals surface area (Å²) in [4.78, 5) is 2.60. The van der Waals surface area contributed by atoms with Crippen LogP contribution in [0.25, 0.3) is 0 Å². The smallest absolute Gasteiger partial charge is 0.0771 e. The van der Waals surface area contributed by atoms with E-state index in [0.717, 1.165) is 38.8 Å². The summed E-state index contributed by atoms with van der Waals surface area (Å²) in [5, 5.41) is 34.9. The van der Waals surface area contributed by atoms with Gasteiger partial charge in [0.25, 0.3) is 0 Å². The Balaban J connectivity index is 1.59. The SMILES string of the molecule is CCN1C[C@]2(C)CC[C@H](O)[C@]34C1[C@H](C[C@H]23)[C@@]1(O)C[C@H](OC)[C@H]2C[C@@H]4[C@@H]1C2O. The Hall–Kier alpha value is -0.200. The van der Waals surface area contributed by atoms with Crippen LogP contribution >= 0.6 is 0 Å². The van der Waals surface area contributed by atoms with Crippen molar-refractivity contribution in [2.45, 2.75) is 75.9 Å². The monoisotopic (exact) mass is 377 g/mol. The minimum absolute atomic E-state index is 0.0657. The van der Waals surface area contributed by atoms with E-state index in [-0.39, 0.29) is 52.8 Å². The van der Waals surface area contributed by atoms with E-state index >= 15 is 0 Å². The standard InChI is InChI=1S/C22H35NO4/c1-4-23-10-20(2)6-5-16(24)22-12-7-11-14(27-3)9-21(26,17(12)18(11)25)13(19(22)23)8-15(20)22/h11-19,24-26H,4-10H2,1-3H3/t11-,12-,13+,14+,15-,16+,17-,18?,19?,20+,21+,22-/m1/s1. The lowest BCUT2D eigenvalue weighted by atomic mass is 9.43. The number of fused-ring (bicyclic) bond motifs is 2. The molecule has 6 rings (SSSR count). The quantitative estimate of drug-likeness (QED) is 0.676. The largest absolute Gasteiger partial charge is 0.392 e. The Labute approximate surface area is 162 Å². The van der Waals surface area contributed by atoms with Crippen molar-refractivity contribution in [2.75, 3.05) is 20.2 Å². The molecule has 5 heteroatoms. The van der Waals surface area contributed by atoms with Gasteiger partial charge < -0.3 is 20.1 Å². The Morgan fingerprint density at radius 3 is 2.67 bits per heavy atom. The van der Waals surface area contributed by atoms with E-state index in [1.807, 2.05) is 0 Å². The molecule has 7 bridgehead atoms. The van der Waals surface area contributed by atoms with Crippen molar-refractivity contribution in [3.8, 4) is 0 Å². The van der Waals surface area contributed by atoms with Gasteiger partial charge in [-0.25, -0.2) is 0 Å². The maximum Gasteiger partial charge on any atom is 0.0771 e. The van der Waals surface area contributed by atoms with Crippen molar-refractivity contribution in [3.63, 3.8) is 0 Å². The van der Waals surface area contributed by atoms with E-state index in [4.69, 9.17) is 4.74 Å². The van der Waals surface area contributed by atoms with E-state index in [1.54, 1.807) is 7.11 Å². The minimum Gasteiger partial charge on any atom is -0.392 e. The van der Waals surface area contributed by atoms with Crippen LogP contribution in [0.15, 0.2) is 0 Å². The first-order chi connectivity index (χ1) is 12.8. The topological polar surface area (TPSA) is 73.2 Å². The van der Waals surface area contributed by atoms with Crippen LogP contribution in [-0.4, -0.2) is 70.4 Å². The molecule has 6 fully saturated rings. The van der Waals surface area contributed by atoms with E-state index in [9.17, 15) is 15.3 Å². The Kier molecular flexibility index (Phi) is 3.33. The molecular weight excluding hydrogens is 342 g/mol. The molecule has 5 nitrogen and oxygen atoms in total. The molecule has 5 saturated carbocycles. The summed E-state index contributed by atoms with van der Waals surface area (Å²) in [5.41, 5.74) is -0.788. The average Bonchev–Trinajstić information content (AvgIpc) is 3.07. The van der Waals surface area contributed by atoms with Crippen LogP contribution in [0.2, 0.25) is 0 Å². The van der Waals surface area contributed by atoms with Gasteiger partial charge in [-0.1, -0.05) is 13.8 Å². The van der Waals surface area contributed by atoms with Crippen LogP contribution in [0.3, 0.4) is 0 Å². The fourth-order valence-electron chi connectivity index (χ4n) is 10.1. The van der Waals surface area contributed by atoms with Crippen LogP contribution in [0.5, 0.6) is 0 Å². The highest BCUT2D eigenvalue weighted by molar-refractivity contribution is 5.32. The van der Waals surface area contributed by atoms with Crippen molar-refractivity contribution in [1.29, 1.82) is 0 Å². The molecule has 27 heavy (non-hydrogen) atoms. The number of nitrogens with zero attached hydrogens (tertiary/aromatic N) is 1. The summed E-state index contributed by atoms with van der Waals surface area (Å²) in [7, 11) is 1.73. The molecule has 1 saturated heterocycles. The van der Waals surface area contributed by atoms with Gasteiger partial charge in [-0.15, -0.1) is 0 Å². The first-order valence-electron chi connectivity index (χ1n) is 11.2. The summed E-state index contributed by atoms with van der Waals surface area (Å²) in [5.74, 6) is 0.840. The van der Waals surface area contributed by atoms with E-state index in [0.29, 0.717) is 12.3 Å². The van der Waals surface area contributed by atoms with Gasteiger partial charge in [-0.05, 0) is 49.5 Å². The van der Waals surface area contributed by atoms with Crippen LogP contribution in [0.4, 0.5) is 0 Å². The molecule has 0 radical (unpaired) electrons. The van der Waals surface area contributed by atoms with Gasteiger partial charge in [0.05, 0.1) is 23.9 Å². The van der Waals surface area contributed by atoms with Crippen molar-refractivity contribution in [2.24, 2.45) is 40.4 Å². The highest BCUT2D eigenvalue weighted by Gasteiger charge is 2.82. The zero-order valence-corrected chi connectivity index (χ0v) is 16.8. The fraction of sp³-hybridized carbons (Fsp3) is 1.00. The highest BCUT2D eigenvalue weighted by atomic mass is 16.5. The minimum atomic E-state index is -0.858. The maximum atomic E-state index is 12.1. The molecule has 3 N–H and O–H groups in total. The van der Waals surface area contributed by atoms with Crippen molar-refractivity contribution in [1.82, 2.24) is 4.90 Å². The molecule has 0 amide bonds. The highest BCUT2D eigenvalue weighted by Crippen LogP contribution is 2.78. The van der Waals surface area contributed by atoms with E-state index < -0.39 is 11.7 Å². The molecule has 5 aliphatic carbocycles. The molecule has 0 aromatic rings. The van der Waals surface area contributed by atoms with Crippen molar-refractivity contribution in [3.05, 3.63) is 0 Å². The maximum absolute atomic E-state index is 12.1. The molecule has 12 atom stereocenters. The van der Waals surface area contributed by atoms with Crippen LogP contribution in [0, 0.1) is 40.4 Å². The van der Waals surface area contributed by atoms with Crippen LogP contribution < -0.4 is 0 Å². The number of aliphatic hydroxyl groups excluding tert-OH is 2. The van der Waals surface area contributed by atoms with Gasteiger partial charge in [0.15, 0.2) is 0 Å². The second kappa shape index (κ2) is 5.10. The number of hydrogen-bond donors (Lipinski definition) is 3. The van der Waals surface area contributed by atoms with Gasteiger partial charge in [-0.2, -0.15) is 0 Å².